The summed E-state index contributed by atoms with van der Waals surface area (Å²) in [4.78, 5) is 22.7. The second kappa shape index (κ2) is 7.40. The molecule has 0 aromatic rings. The minimum absolute atomic E-state index is 0.0419. The van der Waals surface area contributed by atoms with E-state index in [1.54, 1.807) is 0 Å². The van der Waals surface area contributed by atoms with Crippen molar-refractivity contribution in [2.75, 3.05) is 6.54 Å². The number of nitrogens with one attached hydrogen (secondary N) is 1. The van der Waals surface area contributed by atoms with Gasteiger partial charge in [-0.05, 0) is 25.8 Å². The number of Topliss-reactive ketones (excluding diaryl/α,β-unsaturated/α-hetero) is 1. The van der Waals surface area contributed by atoms with Crippen LogP contribution in [0.25, 0.3) is 0 Å². The summed E-state index contributed by atoms with van der Waals surface area (Å²) >= 11 is 0. The van der Waals surface area contributed by atoms with Crippen molar-refractivity contribution in [3.05, 3.63) is 0 Å². The fourth-order valence-electron chi connectivity index (χ4n) is 1.43. The maximum atomic E-state index is 11.7. The van der Waals surface area contributed by atoms with E-state index in [2.05, 4.69) is 5.32 Å². The van der Waals surface area contributed by atoms with Crippen LogP contribution in [0, 0.1) is 5.92 Å². The van der Waals surface area contributed by atoms with Crippen molar-refractivity contribution < 1.29 is 9.59 Å². The summed E-state index contributed by atoms with van der Waals surface area (Å²) in [6, 6.07) is -0.339. The molecule has 4 nitrogen and oxygen atoms in total. The first-order valence-corrected chi connectivity index (χ1v) is 5.50. The normalized spacial score (nSPS) is 12.6. The molecule has 15 heavy (non-hydrogen) atoms. The van der Waals surface area contributed by atoms with Crippen LogP contribution < -0.4 is 11.1 Å². The van der Waals surface area contributed by atoms with Crippen LogP contribution in [0.3, 0.4) is 0 Å². The van der Waals surface area contributed by atoms with E-state index in [0.717, 1.165) is 12.8 Å². The predicted octanol–water partition coefficient (Wildman–Crippen LogP) is 0.845. The number of unbranched alkanes of at least 4 members (excludes halogenated alkanes) is 1. The van der Waals surface area contributed by atoms with Crippen molar-refractivity contribution in [3.63, 3.8) is 0 Å². The summed E-state index contributed by atoms with van der Waals surface area (Å²) in [7, 11) is 0. The Morgan fingerprint density at radius 3 is 2.27 bits per heavy atom. The molecule has 0 saturated heterocycles. The fraction of sp³-hybridized carbons (Fsp3) is 0.818. The van der Waals surface area contributed by atoms with Crippen LogP contribution in [0.4, 0.5) is 0 Å². The third-order valence-electron chi connectivity index (χ3n) is 2.24. The van der Waals surface area contributed by atoms with Crippen LogP contribution in [0.5, 0.6) is 0 Å². The number of hydrogen-bond donors (Lipinski definition) is 2. The van der Waals surface area contributed by atoms with E-state index in [1.165, 1.54) is 6.92 Å². The Bertz CT molecular complexity index is 215. The van der Waals surface area contributed by atoms with Crippen molar-refractivity contribution in [2.45, 2.75) is 46.1 Å². The molecule has 88 valence electrons. The molecule has 1 amide bonds. The molecule has 1 atom stereocenters. The van der Waals surface area contributed by atoms with Gasteiger partial charge in [-0.25, -0.2) is 0 Å². The Hall–Kier alpha value is -0.900. The topological polar surface area (TPSA) is 72.2 Å². The third kappa shape index (κ3) is 6.23. The van der Waals surface area contributed by atoms with Gasteiger partial charge in [0.1, 0.15) is 0 Å². The number of carbonyl (C=O) groups excluding carboxylic acids is 2. The maximum absolute atomic E-state index is 11.7. The van der Waals surface area contributed by atoms with E-state index < -0.39 is 0 Å². The van der Waals surface area contributed by atoms with Crippen LogP contribution in [-0.4, -0.2) is 24.3 Å². The van der Waals surface area contributed by atoms with Crippen molar-refractivity contribution in [3.8, 4) is 0 Å². The van der Waals surface area contributed by atoms with Crippen molar-refractivity contribution >= 4 is 11.7 Å². The minimum Gasteiger partial charge on any atom is -0.347 e. The average Bonchev–Trinajstić information content (AvgIpc) is 2.14. The Labute approximate surface area is 91.6 Å². The van der Waals surface area contributed by atoms with E-state index >= 15 is 0 Å². The molecule has 0 rings (SSSR count). The highest BCUT2D eigenvalue weighted by atomic mass is 16.2. The van der Waals surface area contributed by atoms with Crippen molar-refractivity contribution in [1.29, 1.82) is 0 Å². The lowest BCUT2D eigenvalue weighted by Gasteiger charge is -2.18. The maximum Gasteiger partial charge on any atom is 0.217 e. The molecule has 0 saturated carbocycles. The van der Waals surface area contributed by atoms with E-state index in [4.69, 9.17) is 5.73 Å². The van der Waals surface area contributed by atoms with Gasteiger partial charge in [0.25, 0.3) is 0 Å². The number of nitrogens with two attached hydrogens (primary N) is 1. The van der Waals surface area contributed by atoms with Gasteiger partial charge in [0, 0.05) is 12.8 Å². The van der Waals surface area contributed by atoms with Crippen LogP contribution in [0.2, 0.25) is 0 Å². The Kier molecular flexibility index (Phi) is 6.96. The zero-order valence-electron chi connectivity index (χ0n) is 9.88. The largest absolute Gasteiger partial charge is 0.347 e. The molecule has 0 aliphatic heterocycles. The third-order valence-corrected chi connectivity index (χ3v) is 2.24. The van der Waals surface area contributed by atoms with Gasteiger partial charge in [0.2, 0.25) is 5.91 Å². The molecule has 0 unspecified atom stereocenters. The Morgan fingerprint density at radius 1 is 1.27 bits per heavy atom. The molecular formula is C11H22N2O2. The number of amides is 1. The molecule has 3 N–H and O–H groups in total. The van der Waals surface area contributed by atoms with Gasteiger partial charge in [-0.2, -0.15) is 0 Å². The zero-order chi connectivity index (χ0) is 11.8. The van der Waals surface area contributed by atoms with Gasteiger partial charge < -0.3 is 11.1 Å². The van der Waals surface area contributed by atoms with Gasteiger partial charge in [-0.15, -0.1) is 0 Å². The first-order valence-electron chi connectivity index (χ1n) is 5.50. The molecule has 0 aromatic heterocycles. The summed E-state index contributed by atoms with van der Waals surface area (Å²) in [6.45, 7) is 5.76. The SMILES string of the molecule is CC(=O)N[C@H](CCCCN)C(=O)C(C)C. The van der Waals surface area contributed by atoms with Crippen molar-refractivity contribution in [1.82, 2.24) is 5.32 Å². The lowest BCUT2D eigenvalue weighted by molar-refractivity contribution is -0.128. The quantitative estimate of drug-likeness (QED) is 0.617. The lowest BCUT2D eigenvalue weighted by Crippen LogP contribution is -2.41. The number of hydrogen-bond acceptors (Lipinski definition) is 3. The number of rotatable bonds is 7. The lowest BCUT2D eigenvalue weighted by atomic mass is 9.97. The van der Waals surface area contributed by atoms with Gasteiger partial charge >= 0.3 is 0 Å². The Balaban J connectivity index is 4.17. The molecule has 0 heterocycles. The highest BCUT2D eigenvalue weighted by Gasteiger charge is 2.21. The molecule has 0 aromatic carbocycles. The van der Waals surface area contributed by atoms with Crippen molar-refractivity contribution in [2.24, 2.45) is 11.7 Å². The van der Waals surface area contributed by atoms with E-state index in [9.17, 15) is 9.59 Å². The van der Waals surface area contributed by atoms with E-state index in [-0.39, 0.29) is 23.7 Å². The summed E-state index contributed by atoms with van der Waals surface area (Å²) in [5, 5.41) is 2.69. The van der Waals surface area contributed by atoms with Gasteiger partial charge in [-0.3, -0.25) is 9.59 Å². The van der Waals surface area contributed by atoms with Gasteiger partial charge in [0.15, 0.2) is 5.78 Å². The molecule has 0 fully saturated rings. The molecule has 0 radical (unpaired) electrons. The minimum atomic E-state index is -0.339. The second-order valence-corrected chi connectivity index (χ2v) is 4.09. The molecular weight excluding hydrogens is 192 g/mol. The molecule has 0 bridgehead atoms. The molecule has 0 aliphatic rings. The van der Waals surface area contributed by atoms with Gasteiger partial charge in [-0.1, -0.05) is 13.8 Å². The summed E-state index contributed by atoms with van der Waals surface area (Å²) in [5.41, 5.74) is 5.38. The zero-order valence-corrected chi connectivity index (χ0v) is 9.88. The standard InChI is InChI=1S/C11H22N2O2/c1-8(2)11(15)10(13-9(3)14)6-4-5-7-12/h8,10H,4-7,12H2,1-3H3,(H,13,14)/t10-/m1/s1. The van der Waals surface area contributed by atoms with Crippen LogP contribution >= 0.6 is 0 Å². The molecule has 4 heteroatoms. The smallest absolute Gasteiger partial charge is 0.217 e. The first-order chi connectivity index (χ1) is 6.99. The van der Waals surface area contributed by atoms with Crippen LogP contribution in [0.1, 0.15) is 40.0 Å². The predicted molar refractivity (Wildman–Crippen MR) is 60.4 cm³/mol. The van der Waals surface area contributed by atoms with Gasteiger partial charge in [0.05, 0.1) is 6.04 Å². The van der Waals surface area contributed by atoms with Crippen LogP contribution in [-0.2, 0) is 9.59 Å². The summed E-state index contributed by atoms with van der Waals surface area (Å²) in [5.74, 6) is -0.0938. The number of carbonyl (C=O) groups is 2. The van der Waals surface area contributed by atoms with E-state index in [0.29, 0.717) is 13.0 Å². The average molecular weight is 214 g/mol. The highest BCUT2D eigenvalue weighted by molar-refractivity contribution is 5.89. The first kappa shape index (κ1) is 14.1. The fourth-order valence-corrected chi connectivity index (χ4v) is 1.43. The van der Waals surface area contributed by atoms with Crippen LogP contribution in [0.15, 0.2) is 0 Å². The molecule has 0 spiro atoms. The second-order valence-electron chi connectivity index (χ2n) is 4.09. The highest BCUT2D eigenvalue weighted by Crippen LogP contribution is 2.07. The Morgan fingerprint density at radius 2 is 1.87 bits per heavy atom. The molecule has 0 aliphatic carbocycles. The summed E-state index contributed by atoms with van der Waals surface area (Å²) in [6.07, 6.45) is 2.45. The van der Waals surface area contributed by atoms with E-state index in [1.807, 2.05) is 13.8 Å². The number of ketones is 1. The monoisotopic (exact) mass is 214 g/mol. The summed E-state index contributed by atoms with van der Waals surface area (Å²) < 4.78 is 0.